The van der Waals surface area contributed by atoms with Crippen LogP contribution in [0.3, 0.4) is 0 Å². The molecular weight excluding hydrogens is 124 g/mol. The van der Waals surface area contributed by atoms with Gasteiger partial charge in [-0.25, -0.2) is 0 Å². The third-order valence-electron chi connectivity index (χ3n) is 1.81. The molecule has 0 spiro atoms. The molecule has 0 radical (unpaired) electrons. The molecule has 56 valence electrons. The van der Waals surface area contributed by atoms with Crippen LogP contribution in [0.5, 0.6) is 0 Å². The fraction of sp³-hybridized carbons (Fsp3) is 0.556. The maximum atomic E-state index is 9.73. The molecule has 1 N–H and O–H groups in total. The second kappa shape index (κ2) is 3.02. The van der Waals surface area contributed by atoms with Gasteiger partial charge in [0.2, 0.25) is 0 Å². The molecule has 0 aliphatic heterocycles. The van der Waals surface area contributed by atoms with E-state index in [2.05, 4.69) is 6.92 Å². The Kier molecular flexibility index (Phi) is 2.28. The van der Waals surface area contributed by atoms with Gasteiger partial charge in [-0.15, -0.1) is 0 Å². The van der Waals surface area contributed by atoms with Gasteiger partial charge < -0.3 is 5.11 Å². The van der Waals surface area contributed by atoms with E-state index in [1.54, 1.807) is 0 Å². The van der Waals surface area contributed by atoms with Crippen LogP contribution in [0.1, 0.15) is 26.2 Å². The molecule has 0 saturated carbocycles. The van der Waals surface area contributed by atoms with Crippen molar-refractivity contribution in [2.24, 2.45) is 0 Å². The highest BCUT2D eigenvalue weighted by Crippen LogP contribution is 2.22. The first-order valence-electron chi connectivity index (χ1n) is 3.83. The van der Waals surface area contributed by atoms with Gasteiger partial charge in [-0.05, 0) is 12.8 Å². The quantitative estimate of drug-likeness (QED) is 0.619. The summed E-state index contributed by atoms with van der Waals surface area (Å²) in [5.41, 5.74) is -0.538. The van der Waals surface area contributed by atoms with Crippen molar-refractivity contribution in [2.75, 3.05) is 0 Å². The summed E-state index contributed by atoms with van der Waals surface area (Å²) in [4.78, 5) is 0. The standard InChI is InChI=1S/C9H14O/c1-2-6-9(10)7-4-3-5-8-9/h3-5,7,10H,2,6,8H2,1H3/t9-/m0/s1. The van der Waals surface area contributed by atoms with Crippen LogP contribution in [0.4, 0.5) is 0 Å². The third kappa shape index (κ3) is 1.71. The van der Waals surface area contributed by atoms with E-state index in [1.165, 1.54) is 0 Å². The van der Waals surface area contributed by atoms with Gasteiger partial charge >= 0.3 is 0 Å². The minimum absolute atomic E-state index is 0.538. The lowest BCUT2D eigenvalue weighted by molar-refractivity contribution is 0.0827. The number of hydrogen-bond donors (Lipinski definition) is 1. The van der Waals surface area contributed by atoms with E-state index in [-0.39, 0.29) is 0 Å². The molecule has 1 atom stereocenters. The summed E-state index contributed by atoms with van der Waals surface area (Å²) < 4.78 is 0. The summed E-state index contributed by atoms with van der Waals surface area (Å²) in [6.07, 6.45) is 10.5. The number of hydrogen-bond acceptors (Lipinski definition) is 1. The second-order valence-electron chi connectivity index (χ2n) is 2.84. The summed E-state index contributed by atoms with van der Waals surface area (Å²) in [5.74, 6) is 0. The summed E-state index contributed by atoms with van der Waals surface area (Å²) >= 11 is 0. The molecule has 1 aliphatic carbocycles. The molecule has 10 heavy (non-hydrogen) atoms. The largest absolute Gasteiger partial charge is 0.385 e. The molecule has 0 unspecified atom stereocenters. The molecule has 0 bridgehead atoms. The first kappa shape index (κ1) is 7.55. The molecule has 0 amide bonds. The molecule has 1 heteroatoms. The second-order valence-corrected chi connectivity index (χ2v) is 2.84. The van der Waals surface area contributed by atoms with Crippen molar-refractivity contribution in [3.63, 3.8) is 0 Å². The molecule has 1 aliphatic rings. The van der Waals surface area contributed by atoms with Crippen molar-refractivity contribution >= 4 is 0 Å². The topological polar surface area (TPSA) is 20.2 Å². The summed E-state index contributed by atoms with van der Waals surface area (Å²) in [7, 11) is 0. The smallest absolute Gasteiger partial charge is 0.0865 e. The molecule has 0 saturated heterocycles. The monoisotopic (exact) mass is 138 g/mol. The maximum Gasteiger partial charge on any atom is 0.0865 e. The van der Waals surface area contributed by atoms with Crippen molar-refractivity contribution < 1.29 is 5.11 Å². The molecule has 1 rings (SSSR count). The van der Waals surface area contributed by atoms with Crippen molar-refractivity contribution in [2.45, 2.75) is 31.8 Å². The van der Waals surface area contributed by atoms with Crippen LogP contribution in [-0.2, 0) is 0 Å². The van der Waals surface area contributed by atoms with Crippen LogP contribution in [0.2, 0.25) is 0 Å². The van der Waals surface area contributed by atoms with E-state index in [0.29, 0.717) is 0 Å². The Hall–Kier alpha value is -0.560. The van der Waals surface area contributed by atoms with E-state index in [1.807, 2.05) is 24.3 Å². The third-order valence-corrected chi connectivity index (χ3v) is 1.81. The van der Waals surface area contributed by atoms with E-state index in [9.17, 15) is 5.11 Å². The Morgan fingerprint density at radius 1 is 1.50 bits per heavy atom. The van der Waals surface area contributed by atoms with E-state index in [4.69, 9.17) is 0 Å². The zero-order valence-corrected chi connectivity index (χ0v) is 6.38. The van der Waals surface area contributed by atoms with E-state index in [0.717, 1.165) is 19.3 Å². The van der Waals surface area contributed by atoms with Gasteiger partial charge in [0, 0.05) is 0 Å². The average molecular weight is 138 g/mol. The normalized spacial score (nSPS) is 31.0. The number of aliphatic hydroxyl groups is 1. The molecule has 0 aromatic carbocycles. The predicted molar refractivity (Wildman–Crippen MR) is 42.8 cm³/mol. The van der Waals surface area contributed by atoms with Gasteiger partial charge in [-0.2, -0.15) is 0 Å². The van der Waals surface area contributed by atoms with Gasteiger partial charge in [0.05, 0.1) is 5.60 Å². The Balaban J connectivity index is 2.52. The Morgan fingerprint density at radius 3 is 2.80 bits per heavy atom. The van der Waals surface area contributed by atoms with Gasteiger partial charge in [0.1, 0.15) is 0 Å². The zero-order chi connectivity index (χ0) is 7.45. The predicted octanol–water partition coefficient (Wildman–Crippen LogP) is 2.03. The van der Waals surface area contributed by atoms with Crippen LogP contribution in [-0.4, -0.2) is 10.7 Å². The highest BCUT2D eigenvalue weighted by Gasteiger charge is 2.21. The van der Waals surface area contributed by atoms with Crippen LogP contribution >= 0.6 is 0 Å². The molecule has 0 aromatic rings. The molecule has 0 aromatic heterocycles. The lowest BCUT2D eigenvalue weighted by Gasteiger charge is -2.23. The highest BCUT2D eigenvalue weighted by molar-refractivity contribution is 5.17. The van der Waals surface area contributed by atoms with E-state index < -0.39 is 5.60 Å². The minimum atomic E-state index is -0.538. The number of allylic oxidation sites excluding steroid dienone is 2. The average Bonchev–Trinajstić information content (AvgIpc) is 1.89. The lowest BCUT2D eigenvalue weighted by Crippen LogP contribution is -2.25. The molecular formula is C9H14O. The van der Waals surface area contributed by atoms with Gasteiger partial charge in [-0.3, -0.25) is 0 Å². The van der Waals surface area contributed by atoms with Gasteiger partial charge in [0.15, 0.2) is 0 Å². The minimum Gasteiger partial charge on any atom is -0.385 e. The van der Waals surface area contributed by atoms with Crippen molar-refractivity contribution in [3.05, 3.63) is 24.3 Å². The summed E-state index contributed by atoms with van der Waals surface area (Å²) in [6, 6.07) is 0. The maximum absolute atomic E-state index is 9.73. The van der Waals surface area contributed by atoms with Gasteiger partial charge in [0.25, 0.3) is 0 Å². The fourth-order valence-electron chi connectivity index (χ4n) is 1.27. The summed E-state index contributed by atoms with van der Waals surface area (Å²) in [5, 5.41) is 9.73. The Bertz CT molecular complexity index is 158. The number of rotatable bonds is 2. The Labute approximate surface area is 62.1 Å². The van der Waals surface area contributed by atoms with Crippen molar-refractivity contribution in [1.82, 2.24) is 0 Å². The zero-order valence-electron chi connectivity index (χ0n) is 6.38. The fourth-order valence-corrected chi connectivity index (χ4v) is 1.27. The first-order valence-corrected chi connectivity index (χ1v) is 3.83. The first-order chi connectivity index (χ1) is 4.77. The lowest BCUT2D eigenvalue weighted by atomic mass is 9.91. The summed E-state index contributed by atoms with van der Waals surface area (Å²) in [6.45, 7) is 2.09. The van der Waals surface area contributed by atoms with Crippen LogP contribution in [0.25, 0.3) is 0 Å². The van der Waals surface area contributed by atoms with Crippen LogP contribution in [0.15, 0.2) is 24.3 Å². The van der Waals surface area contributed by atoms with Crippen LogP contribution in [0, 0.1) is 0 Å². The molecule has 0 heterocycles. The molecule has 0 fully saturated rings. The highest BCUT2D eigenvalue weighted by atomic mass is 16.3. The van der Waals surface area contributed by atoms with Crippen molar-refractivity contribution in [1.29, 1.82) is 0 Å². The Morgan fingerprint density at radius 2 is 2.30 bits per heavy atom. The van der Waals surface area contributed by atoms with Crippen LogP contribution < -0.4 is 0 Å². The van der Waals surface area contributed by atoms with Gasteiger partial charge in [-0.1, -0.05) is 37.6 Å². The SMILES string of the molecule is CCC[C@]1(O)C=CC=CC1. The van der Waals surface area contributed by atoms with Crippen molar-refractivity contribution in [3.8, 4) is 0 Å². The molecule has 1 nitrogen and oxygen atoms in total. The van der Waals surface area contributed by atoms with E-state index >= 15 is 0 Å².